The number of nitrogens with zero attached hydrogens (tertiary/aromatic N) is 4. The summed E-state index contributed by atoms with van der Waals surface area (Å²) in [4.78, 5) is 32.7. The monoisotopic (exact) mass is 294 g/mol. The number of nitrogens with one attached hydrogen (secondary N) is 2. The van der Waals surface area contributed by atoms with Crippen LogP contribution in [0.25, 0.3) is 0 Å². The number of pyridine rings is 1. The van der Waals surface area contributed by atoms with Gasteiger partial charge < -0.3 is 0 Å². The van der Waals surface area contributed by atoms with Gasteiger partial charge in [-0.1, -0.05) is 11.6 Å². The van der Waals surface area contributed by atoms with Crippen LogP contribution in [-0.2, 0) is 0 Å². The molecule has 1 amide bonds. The normalized spacial score (nSPS) is 9.85. The Hall–Kier alpha value is -2.81. The van der Waals surface area contributed by atoms with Gasteiger partial charge in [0.15, 0.2) is 0 Å². The lowest BCUT2D eigenvalue weighted by Crippen LogP contribution is -2.30. The van der Waals surface area contributed by atoms with E-state index >= 15 is 0 Å². The minimum atomic E-state index is -0.747. The van der Waals surface area contributed by atoms with E-state index in [-0.39, 0.29) is 11.0 Å². The van der Waals surface area contributed by atoms with Crippen LogP contribution in [0.5, 0.6) is 0 Å². The largest absolute Gasteiger partial charge is 0.350 e. The third-order valence-electron chi connectivity index (χ3n) is 2.20. The molecule has 2 aromatic heterocycles. The van der Waals surface area contributed by atoms with E-state index < -0.39 is 16.5 Å². The highest BCUT2D eigenvalue weighted by Gasteiger charge is 2.21. The molecular weight excluding hydrogens is 288 g/mol. The number of aromatic nitrogens is 3. The number of halogens is 1. The van der Waals surface area contributed by atoms with Gasteiger partial charge in [0.2, 0.25) is 11.0 Å². The van der Waals surface area contributed by atoms with Gasteiger partial charge in [-0.3, -0.25) is 30.7 Å². The van der Waals surface area contributed by atoms with Crippen LogP contribution in [0.1, 0.15) is 10.4 Å². The van der Waals surface area contributed by atoms with E-state index in [1.165, 1.54) is 24.5 Å². The van der Waals surface area contributed by atoms with Gasteiger partial charge >= 0.3 is 5.69 Å². The molecule has 0 bridgehead atoms. The van der Waals surface area contributed by atoms with Crippen molar-refractivity contribution in [3.63, 3.8) is 0 Å². The van der Waals surface area contributed by atoms with Crippen molar-refractivity contribution in [2.24, 2.45) is 0 Å². The summed E-state index contributed by atoms with van der Waals surface area (Å²) in [5.41, 5.74) is 4.41. The predicted molar refractivity (Wildman–Crippen MR) is 69.0 cm³/mol. The Morgan fingerprint density at radius 1 is 1.30 bits per heavy atom. The van der Waals surface area contributed by atoms with Gasteiger partial charge in [0, 0.05) is 18.0 Å². The maximum Gasteiger partial charge on any atom is 0.350 e. The van der Waals surface area contributed by atoms with Crippen LogP contribution < -0.4 is 10.9 Å². The molecule has 0 saturated carbocycles. The summed E-state index contributed by atoms with van der Waals surface area (Å²) < 4.78 is 0. The number of carbonyl (C=O) groups excluding carboxylic acids is 1. The first-order valence-corrected chi connectivity index (χ1v) is 5.58. The first-order valence-electron chi connectivity index (χ1n) is 5.21. The summed E-state index contributed by atoms with van der Waals surface area (Å²) in [6.07, 6.45) is 3.92. The van der Waals surface area contributed by atoms with Crippen molar-refractivity contribution < 1.29 is 9.72 Å². The van der Waals surface area contributed by atoms with Crippen LogP contribution in [0.3, 0.4) is 0 Å². The average Bonchev–Trinajstić information content (AvgIpc) is 2.45. The molecule has 2 aromatic rings. The molecule has 0 radical (unpaired) electrons. The molecule has 0 spiro atoms. The summed E-state index contributed by atoms with van der Waals surface area (Å²) in [7, 11) is 0. The molecule has 0 fully saturated rings. The fourth-order valence-corrected chi connectivity index (χ4v) is 1.50. The van der Waals surface area contributed by atoms with Crippen LogP contribution in [-0.4, -0.2) is 25.8 Å². The van der Waals surface area contributed by atoms with Crippen molar-refractivity contribution in [3.8, 4) is 0 Å². The lowest BCUT2D eigenvalue weighted by Gasteiger charge is -2.07. The highest BCUT2D eigenvalue weighted by Crippen LogP contribution is 2.27. The quantitative estimate of drug-likeness (QED) is 0.493. The summed E-state index contributed by atoms with van der Waals surface area (Å²) in [5.74, 6) is -0.714. The van der Waals surface area contributed by atoms with Crippen molar-refractivity contribution in [1.82, 2.24) is 20.4 Å². The molecular formula is C10H7ClN6O3. The van der Waals surface area contributed by atoms with Gasteiger partial charge in [-0.2, -0.15) is 0 Å². The molecule has 0 atom stereocenters. The predicted octanol–water partition coefficient (Wildman–Crippen LogP) is 1.19. The molecule has 0 aliphatic heterocycles. The van der Waals surface area contributed by atoms with E-state index in [9.17, 15) is 14.9 Å². The number of hydrogen-bond acceptors (Lipinski definition) is 7. The van der Waals surface area contributed by atoms with Crippen molar-refractivity contribution >= 4 is 29.0 Å². The van der Waals surface area contributed by atoms with E-state index in [0.29, 0.717) is 5.56 Å². The zero-order chi connectivity index (χ0) is 14.5. The van der Waals surface area contributed by atoms with Gasteiger partial charge in [0.1, 0.15) is 6.33 Å². The molecule has 0 aliphatic carbocycles. The number of rotatable bonds is 4. The zero-order valence-electron chi connectivity index (χ0n) is 9.78. The Balaban J connectivity index is 2.14. The third kappa shape index (κ3) is 2.95. The van der Waals surface area contributed by atoms with Gasteiger partial charge in [-0.05, 0) is 12.1 Å². The van der Waals surface area contributed by atoms with E-state index in [1.54, 1.807) is 0 Å². The summed E-state index contributed by atoms with van der Waals surface area (Å²) in [6.45, 7) is 0. The summed E-state index contributed by atoms with van der Waals surface area (Å²) in [5, 5.41) is 10.5. The zero-order valence-corrected chi connectivity index (χ0v) is 10.5. The maximum atomic E-state index is 11.7. The van der Waals surface area contributed by atoms with Gasteiger partial charge in [0.05, 0.1) is 4.92 Å². The Bertz CT molecular complexity index is 651. The minimum Gasteiger partial charge on any atom is -0.276 e. The number of nitro groups is 1. The van der Waals surface area contributed by atoms with Crippen molar-refractivity contribution in [2.45, 2.75) is 0 Å². The fourth-order valence-electron chi connectivity index (χ4n) is 1.30. The molecule has 102 valence electrons. The van der Waals surface area contributed by atoms with Crippen LogP contribution in [0.15, 0.2) is 30.9 Å². The highest BCUT2D eigenvalue weighted by atomic mass is 35.5. The van der Waals surface area contributed by atoms with E-state index in [4.69, 9.17) is 11.6 Å². The molecule has 20 heavy (non-hydrogen) atoms. The molecule has 2 N–H and O–H groups in total. The number of hydrogen-bond donors (Lipinski definition) is 2. The van der Waals surface area contributed by atoms with Gasteiger partial charge in [0.25, 0.3) is 5.91 Å². The third-order valence-corrected chi connectivity index (χ3v) is 2.47. The number of anilines is 1. The van der Waals surface area contributed by atoms with Crippen LogP contribution in [0, 0.1) is 10.1 Å². The summed E-state index contributed by atoms with van der Waals surface area (Å²) >= 11 is 5.60. The van der Waals surface area contributed by atoms with Crippen LogP contribution in [0.2, 0.25) is 5.15 Å². The molecule has 9 nitrogen and oxygen atoms in total. The fraction of sp³-hybridized carbons (Fsp3) is 0. The van der Waals surface area contributed by atoms with E-state index in [1.807, 2.05) is 0 Å². The Kier molecular flexibility index (Phi) is 4.01. The SMILES string of the molecule is O=C(NNc1ncnc(Cl)c1[N+](=O)[O-])c1ccncc1. The standard InChI is InChI=1S/C10H7ClN6O3/c11-8-7(17(19)20)9(14-5-13-8)15-16-10(18)6-1-3-12-4-2-6/h1-5H,(H,16,18)(H,13,14,15). The number of hydrazine groups is 1. The van der Waals surface area contributed by atoms with E-state index in [0.717, 1.165) is 6.33 Å². The number of carbonyl (C=O) groups is 1. The molecule has 0 aliphatic rings. The molecule has 2 rings (SSSR count). The lowest BCUT2D eigenvalue weighted by atomic mass is 10.3. The molecule has 10 heteroatoms. The van der Waals surface area contributed by atoms with Gasteiger partial charge in [-0.15, -0.1) is 0 Å². The second kappa shape index (κ2) is 5.89. The first kappa shape index (κ1) is 13.6. The topological polar surface area (TPSA) is 123 Å². The van der Waals surface area contributed by atoms with Crippen molar-refractivity contribution in [3.05, 3.63) is 51.7 Å². The smallest absolute Gasteiger partial charge is 0.276 e. The molecule has 2 heterocycles. The van der Waals surface area contributed by atoms with Crippen LogP contribution in [0.4, 0.5) is 11.5 Å². The van der Waals surface area contributed by atoms with Crippen LogP contribution >= 0.6 is 11.6 Å². The van der Waals surface area contributed by atoms with Crippen molar-refractivity contribution in [2.75, 3.05) is 5.43 Å². The minimum absolute atomic E-state index is 0.211. The first-order chi connectivity index (χ1) is 9.59. The lowest BCUT2D eigenvalue weighted by molar-refractivity contribution is -0.384. The Morgan fingerprint density at radius 2 is 2.00 bits per heavy atom. The second-order valence-electron chi connectivity index (χ2n) is 3.43. The second-order valence-corrected chi connectivity index (χ2v) is 3.79. The molecule has 0 aromatic carbocycles. The van der Waals surface area contributed by atoms with Gasteiger partial charge in [-0.25, -0.2) is 9.97 Å². The molecule has 0 unspecified atom stereocenters. The highest BCUT2D eigenvalue weighted by molar-refractivity contribution is 6.31. The van der Waals surface area contributed by atoms with E-state index in [2.05, 4.69) is 25.8 Å². The Labute approximate surface area is 117 Å². The Morgan fingerprint density at radius 3 is 2.65 bits per heavy atom. The summed E-state index contributed by atoms with van der Waals surface area (Å²) in [6, 6.07) is 2.97. The molecule has 0 saturated heterocycles. The average molecular weight is 295 g/mol. The number of amides is 1. The maximum absolute atomic E-state index is 11.7. The van der Waals surface area contributed by atoms with Crippen molar-refractivity contribution in [1.29, 1.82) is 0 Å².